The van der Waals surface area contributed by atoms with Crippen LogP contribution in [0.1, 0.15) is 13.8 Å². The van der Waals surface area contributed by atoms with Crippen molar-refractivity contribution < 1.29 is 4.79 Å². The van der Waals surface area contributed by atoms with E-state index < -0.39 is 0 Å². The van der Waals surface area contributed by atoms with Gasteiger partial charge in [0.2, 0.25) is 5.12 Å². The van der Waals surface area contributed by atoms with Crippen molar-refractivity contribution in [3.8, 4) is 0 Å². The summed E-state index contributed by atoms with van der Waals surface area (Å²) in [6, 6.07) is 0. The van der Waals surface area contributed by atoms with Crippen molar-refractivity contribution in [3.63, 3.8) is 0 Å². The predicted octanol–water partition coefficient (Wildman–Crippen LogP) is 1.66. The Hall–Kier alpha value is -0.240. The Labute approximate surface area is 55.2 Å². The lowest BCUT2D eigenvalue weighted by molar-refractivity contribution is -0.106. The van der Waals surface area contributed by atoms with Crippen LogP contribution in [0.15, 0.2) is 12.2 Å². The molecule has 0 amide bonds. The third-order valence-corrected chi connectivity index (χ3v) is 0.773. The second kappa shape index (κ2) is 3.72. The molecule has 0 aromatic heterocycles. The molecule has 2 heteroatoms. The number of hydrogen-bond donors (Lipinski definition) is 1. The van der Waals surface area contributed by atoms with E-state index in [4.69, 9.17) is 0 Å². The van der Waals surface area contributed by atoms with Gasteiger partial charge < -0.3 is 0 Å². The molecular weight excluding hydrogens is 120 g/mol. The minimum atomic E-state index is -0.182. The molecule has 0 heterocycles. The highest BCUT2D eigenvalue weighted by Crippen LogP contribution is 1.93. The van der Waals surface area contributed by atoms with Gasteiger partial charge in [0.05, 0.1) is 0 Å². The zero-order valence-corrected chi connectivity index (χ0v) is 5.98. The zero-order chi connectivity index (χ0) is 6.57. The van der Waals surface area contributed by atoms with Crippen LogP contribution in [0.5, 0.6) is 0 Å². The number of rotatable bonds is 2. The van der Waals surface area contributed by atoms with E-state index in [0.717, 1.165) is 0 Å². The summed E-state index contributed by atoms with van der Waals surface area (Å²) in [5.41, 5.74) is 0. The van der Waals surface area contributed by atoms with Crippen molar-refractivity contribution in [2.75, 3.05) is 0 Å². The minimum Gasteiger partial charge on any atom is -0.283 e. The van der Waals surface area contributed by atoms with Gasteiger partial charge in [0.25, 0.3) is 0 Å². The lowest BCUT2D eigenvalue weighted by Gasteiger charge is -1.88. The Morgan fingerprint density at radius 2 is 2.12 bits per heavy atom. The standard InChI is InChI=1S/C6H10OS/c1-5(2)3-4-6(7)8/h3-5H,1-2H3,(H,7,8). The molecule has 0 saturated heterocycles. The van der Waals surface area contributed by atoms with Crippen LogP contribution in [0.3, 0.4) is 0 Å². The third kappa shape index (κ3) is 5.76. The van der Waals surface area contributed by atoms with E-state index in [-0.39, 0.29) is 5.12 Å². The van der Waals surface area contributed by atoms with Gasteiger partial charge in [0.15, 0.2) is 0 Å². The Bertz CT molecular complexity index is 105. The van der Waals surface area contributed by atoms with Gasteiger partial charge in [-0.15, -0.1) is 12.6 Å². The number of thiol groups is 1. The average molecular weight is 130 g/mol. The molecule has 0 aromatic rings. The molecule has 1 nitrogen and oxygen atoms in total. The van der Waals surface area contributed by atoms with Crippen LogP contribution in [0.4, 0.5) is 0 Å². The zero-order valence-electron chi connectivity index (χ0n) is 5.09. The lowest BCUT2D eigenvalue weighted by atomic mass is 10.2. The first-order chi connectivity index (χ1) is 3.63. The maximum atomic E-state index is 10.1. The van der Waals surface area contributed by atoms with Crippen LogP contribution in [0.2, 0.25) is 0 Å². The molecule has 0 aliphatic carbocycles. The Balaban J connectivity index is 3.50. The molecule has 8 heavy (non-hydrogen) atoms. The second-order valence-corrected chi connectivity index (χ2v) is 2.38. The van der Waals surface area contributed by atoms with Gasteiger partial charge in [0, 0.05) is 0 Å². The third-order valence-electron chi connectivity index (χ3n) is 0.624. The van der Waals surface area contributed by atoms with E-state index >= 15 is 0 Å². The van der Waals surface area contributed by atoms with E-state index in [1.165, 1.54) is 6.08 Å². The topological polar surface area (TPSA) is 17.1 Å². The highest BCUT2D eigenvalue weighted by molar-refractivity contribution is 7.97. The Morgan fingerprint density at radius 1 is 1.62 bits per heavy atom. The number of allylic oxidation sites excluding steroid dienone is 1. The first-order valence-corrected chi connectivity index (χ1v) is 2.98. The molecule has 0 bridgehead atoms. The fourth-order valence-electron chi connectivity index (χ4n) is 0.275. The smallest absolute Gasteiger partial charge is 0.208 e. The van der Waals surface area contributed by atoms with Crippen LogP contribution in [-0.2, 0) is 4.79 Å². The molecule has 0 aliphatic rings. The molecular formula is C6H10OS. The summed E-state index contributed by atoms with van der Waals surface area (Å²) in [5, 5.41) is -0.182. The van der Waals surface area contributed by atoms with Gasteiger partial charge in [-0.05, 0) is 12.0 Å². The molecule has 0 unspecified atom stereocenters. The quantitative estimate of drug-likeness (QED) is 0.444. The second-order valence-electron chi connectivity index (χ2n) is 1.94. The van der Waals surface area contributed by atoms with Crippen LogP contribution in [-0.4, -0.2) is 5.12 Å². The summed E-state index contributed by atoms with van der Waals surface area (Å²) in [4.78, 5) is 10.1. The number of hydrogen-bond acceptors (Lipinski definition) is 1. The molecule has 0 spiro atoms. The Morgan fingerprint density at radius 3 is 2.25 bits per heavy atom. The summed E-state index contributed by atoms with van der Waals surface area (Å²) in [7, 11) is 0. The molecule has 0 N–H and O–H groups in total. The van der Waals surface area contributed by atoms with Crippen LogP contribution >= 0.6 is 12.6 Å². The normalized spacial score (nSPS) is 11.0. The minimum absolute atomic E-state index is 0.182. The van der Waals surface area contributed by atoms with E-state index in [9.17, 15) is 4.79 Å². The van der Waals surface area contributed by atoms with Crippen molar-refractivity contribution in [1.29, 1.82) is 0 Å². The van der Waals surface area contributed by atoms with Gasteiger partial charge >= 0.3 is 0 Å². The SMILES string of the molecule is CC(C)C=CC(=O)S. The molecule has 0 radical (unpaired) electrons. The average Bonchev–Trinajstić information content (AvgIpc) is 1.61. The first-order valence-electron chi connectivity index (χ1n) is 2.54. The van der Waals surface area contributed by atoms with Crippen molar-refractivity contribution in [1.82, 2.24) is 0 Å². The highest BCUT2D eigenvalue weighted by atomic mass is 32.1. The first kappa shape index (κ1) is 7.76. The van der Waals surface area contributed by atoms with Crippen LogP contribution in [0, 0.1) is 5.92 Å². The monoisotopic (exact) mass is 130 g/mol. The van der Waals surface area contributed by atoms with Crippen molar-refractivity contribution in [2.45, 2.75) is 13.8 Å². The largest absolute Gasteiger partial charge is 0.283 e. The highest BCUT2D eigenvalue weighted by Gasteiger charge is 1.85. The maximum Gasteiger partial charge on any atom is 0.208 e. The number of carbonyl (C=O) groups excluding carboxylic acids is 1. The van der Waals surface area contributed by atoms with Gasteiger partial charge in [-0.25, -0.2) is 0 Å². The van der Waals surface area contributed by atoms with Gasteiger partial charge in [-0.1, -0.05) is 19.9 Å². The van der Waals surface area contributed by atoms with Gasteiger partial charge in [-0.2, -0.15) is 0 Å². The van der Waals surface area contributed by atoms with E-state index in [1.807, 2.05) is 19.9 Å². The lowest BCUT2D eigenvalue weighted by Crippen LogP contribution is -1.80. The summed E-state index contributed by atoms with van der Waals surface area (Å²) >= 11 is 3.55. The molecule has 0 aliphatic heterocycles. The maximum absolute atomic E-state index is 10.1. The van der Waals surface area contributed by atoms with Gasteiger partial charge in [-0.3, -0.25) is 4.79 Å². The van der Waals surface area contributed by atoms with Gasteiger partial charge in [0.1, 0.15) is 0 Å². The van der Waals surface area contributed by atoms with E-state index in [1.54, 1.807) is 0 Å². The molecule has 0 aromatic carbocycles. The van der Waals surface area contributed by atoms with E-state index in [0.29, 0.717) is 5.92 Å². The molecule has 0 atom stereocenters. The summed E-state index contributed by atoms with van der Waals surface area (Å²) in [5.74, 6) is 0.436. The molecule has 0 saturated carbocycles. The number of carbonyl (C=O) groups is 1. The fourth-order valence-corrected chi connectivity index (χ4v) is 0.361. The van der Waals surface area contributed by atoms with Crippen LogP contribution in [0.25, 0.3) is 0 Å². The van der Waals surface area contributed by atoms with Crippen molar-refractivity contribution >= 4 is 17.7 Å². The van der Waals surface area contributed by atoms with Crippen molar-refractivity contribution in [2.24, 2.45) is 5.92 Å². The molecule has 46 valence electrons. The fraction of sp³-hybridized carbons (Fsp3) is 0.500. The molecule has 0 rings (SSSR count). The summed E-state index contributed by atoms with van der Waals surface area (Å²) in [6.45, 7) is 4.01. The predicted molar refractivity (Wildman–Crippen MR) is 38.0 cm³/mol. The van der Waals surface area contributed by atoms with E-state index in [2.05, 4.69) is 12.6 Å². The summed E-state index contributed by atoms with van der Waals surface area (Å²) in [6.07, 6.45) is 3.28. The summed E-state index contributed by atoms with van der Waals surface area (Å²) < 4.78 is 0. The van der Waals surface area contributed by atoms with Crippen LogP contribution < -0.4 is 0 Å². The molecule has 0 fully saturated rings. The van der Waals surface area contributed by atoms with Crippen molar-refractivity contribution in [3.05, 3.63) is 12.2 Å². The Kier molecular flexibility index (Phi) is 3.61.